The molecule has 0 bridgehead atoms. The topological polar surface area (TPSA) is 40.5 Å². The van der Waals surface area contributed by atoms with Crippen molar-refractivity contribution < 1.29 is 10.2 Å². The van der Waals surface area contributed by atoms with E-state index in [1.54, 1.807) is 11.1 Å². The van der Waals surface area contributed by atoms with E-state index in [-0.39, 0.29) is 11.5 Å². The van der Waals surface area contributed by atoms with Gasteiger partial charge in [-0.3, -0.25) is 0 Å². The lowest BCUT2D eigenvalue weighted by Crippen LogP contribution is -2.52. The van der Waals surface area contributed by atoms with Gasteiger partial charge in [0.2, 0.25) is 0 Å². The lowest BCUT2D eigenvalue weighted by atomic mass is 9.50. The summed E-state index contributed by atoms with van der Waals surface area (Å²) in [5.74, 6) is 5.32. The third-order valence-electron chi connectivity index (χ3n) is 8.08. The second kappa shape index (κ2) is 5.11. The standard InChI is InChI=1S/C21H30O2/c1-4-21(23)10-8-18-19-13(2)11-14-12-15(22)5-6-16(14)17(19)7-9-20(18,21)3/h1,13,15,17-19,22-23H,5-12H2,2-3H3/t13-,15-,17-,18+,19-,20+,21-/m1/s1. The Morgan fingerprint density at radius 1 is 1.17 bits per heavy atom. The van der Waals surface area contributed by atoms with Crippen LogP contribution in [-0.2, 0) is 0 Å². The number of rotatable bonds is 0. The molecule has 0 spiro atoms. The highest BCUT2D eigenvalue weighted by Gasteiger charge is 2.62. The van der Waals surface area contributed by atoms with Crippen LogP contribution in [0.1, 0.15) is 65.2 Å². The number of allylic oxidation sites excluding steroid dienone is 1. The van der Waals surface area contributed by atoms with Crippen LogP contribution >= 0.6 is 0 Å². The molecule has 0 saturated heterocycles. The number of hydrogen-bond donors (Lipinski definition) is 2. The summed E-state index contributed by atoms with van der Waals surface area (Å²) in [5, 5.41) is 21.0. The molecule has 2 fully saturated rings. The Morgan fingerprint density at radius 2 is 1.96 bits per heavy atom. The zero-order valence-corrected chi connectivity index (χ0v) is 14.5. The Kier molecular flexibility index (Phi) is 3.49. The van der Waals surface area contributed by atoms with Crippen molar-refractivity contribution in [2.45, 2.75) is 76.9 Å². The monoisotopic (exact) mass is 314 g/mol. The predicted molar refractivity (Wildman–Crippen MR) is 91.5 cm³/mol. The molecule has 4 aliphatic rings. The van der Waals surface area contributed by atoms with Crippen LogP contribution in [0.15, 0.2) is 11.1 Å². The summed E-state index contributed by atoms with van der Waals surface area (Å²) in [5.41, 5.74) is 2.23. The van der Waals surface area contributed by atoms with Gasteiger partial charge >= 0.3 is 0 Å². The summed E-state index contributed by atoms with van der Waals surface area (Å²) in [6, 6.07) is 0. The minimum atomic E-state index is -0.903. The molecule has 23 heavy (non-hydrogen) atoms. The summed E-state index contributed by atoms with van der Waals surface area (Å²) in [4.78, 5) is 0. The number of terminal acetylenes is 1. The van der Waals surface area contributed by atoms with E-state index in [0.29, 0.717) is 23.7 Å². The van der Waals surface area contributed by atoms with E-state index in [1.165, 1.54) is 6.42 Å². The number of aliphatic hydroxyl groups excluding tert-OH is 1. The second-order valence-corrected chi connectivity index (χ2v) is 9.00. The largest absolute Gasteiger partial charge is 0.393 e. The van der Waals surface area contributed by atoms with Crippen LogP contribution in [0.5, 0.6) is 0 Å². The van der Waals surface area contributed by atoms with Gasteiger partial charge < -0.3 is 10.2 Å². The molecule has 0 aromatic carbocycles. The molecule has 2 nitrogen and oxygen atoms in total. The molecule has 2 saturated carbocycles. The Morgan fingerprint density at radius 3 is 2.70 bits per heavy atom. The zero-order valence-electron chi connectivity index (χ0n) is 14.5. The van der Waals surface area contributed by atoms with Crippen molar-refractivity contribution in [3.63, 3.8) is 0 Å². The average molecular weight is 314 g/mol. The van der Waals surface area contributed by atoms with Crippen molar-refractivity contribution in [2.24, 2.45) is 29.1 Å². The van der Waals surface area contributed by atoms with E-state index in [1.807, 2.05) is 0 Å². The molecule has 4 rings (SSSR count). The van der Waals surface area contributed by atoms with Gasteiger partial charge in [-0.1, -0.05) is 30.9 Å². The first-order chi connectivity index (χ1) is 10.9. The lowest BCUT2D eigenvalue weighted by molar-refractivity contribution is -0.0813. The van der Waals surface area contributed by atoms with E-state index in [9.17, 15) is 10.2 Å². The maximum atomic E-state index is 11.0. The fraction of sp³-hybridized carbons (Fsp3) is 0.810. The van der Waals surface area contributed by atoms with Crippen LogP contribution in [0, 0.1) is 41.4 Å². The minimum absolute atomic E-state index is 0.108. The molecule has 0 heterocycles. The fourth-order valence-corrected chi connectivity index (χ4v) is 6.85. The molecule has 0 aromatic rings. The molecule has 0 amide bonds. The van der Waals surface area contributed by atoms with Crippen molar-refractivity contribution in [3.8, 4) is 12.3 Å². The van der Waals surface area contributed by atoms with Gasteiger partial charge in [-0.05, 0) is 75.0 Å². The molecular weight excluding hydrogens is 284 g/mol. The number of fused-ring (bicyclic) bond motifs is 4. The molecule has 4 aliphatic carbocycles. The van der Waals surface area contributed by atoms with Crippen molar-refractivity contribution in [3.05, 3.63) is 11.1 Å². The molecule has 0 unspecified atom stereocenters. The summed E-state index contributed by atoms with van der Waals surface area (Å²) >= 11 is 0. The van der Waals surface area contributed by atoms with E-state index in [0.717, 1.165) is 44.9 Å². The SMILES string of the molecule is C#C[C@@]1(O)CC[C@H]2[C@@H]3[C@H](C)CC4=C(CC[C@@H](O)C4)[C@H]3CC[C@@]21C. The van der Waals surface area contributed by atoms with Crippen molar-refractivity contribution in [2.75, 3.05) is 0 Å². The Balaban J connectivity index is 1.70. The normalized spacial score (nSPS) is 52.4. The quantitative estimate of drug-likeness (QED) is 0.529. The third kappa shape index (κ3) is 2.02. The van der Waals surface area contributed by atoms with Gasteiger partial charge in [0.15, 0.2) is 0 Å². The van der Waals surface area contributed by atoms with E-state index < -0.39 is 5.60 Å². The van der Waals surface area contributed by atoms with Crippen molar-refractivity contribution in [1.29, 1.82) is 0 Å². The van der Waals surface area contributed by atoms with Crippen LogP contribution in [0.25, 0.3) is 0 Å². The molecular formula is C21H30O2. The highest BCUT2D eigenvalue weighted by atomic mass is 16.3. The molecule has 126 valence electrons. The first-order valence-corrected chi connectivity index (χ1v) is 9.48. The zero-order chi connectivity index (χ0) is 16.4. The van der Waals surface area contributed by atoms with Gasteiger partial charge in [-0.15, -0.1) is 6.42 Å². The highest BCUT2D eigenvalue weighted by Crippen LogP contribution is 2.65. The van der Waals surface area contributed by atoms with Crippen LogP contribution in [0.3, 0.4) is 0 Å². The average Bonchev–Trinajstić information content (AvgIpc) is 2.79. The first-order valence-electron chi connectivity index (χ1n) is 9.48. The maximum Gasteiger partial charge on any atom is 0.130 e. The van der Waals surface area contributed by atoms with E-state index in [4.69, 9.17) is 6.42 Å². The smallest absolute Gasteiger partial charge is 0.130 e. The highest BCUT2D eigenvalue weighted by molar-refractivity contribution is 5.30. The van der Waals surface area contributed by atoms with Crippen LogP contribution in [0.4, 0.5) is 0 Å². The Bertz CT molecular complexity index is 585. The summed E-state index contributed by atoms with van der Waals surface area (Å²) in [6.45, 7) is 4.64. The van der Waals surface area contributed by atoms with Gasteiger partial charge in [0.05, 0.1) is 6.10 Å². The molecule has 2 heteroatoms. The van der Waals surface area contributed by atoms with E-state index >= 15 is 0 Å². The van der Waals surface area contributed by atoms with Crippen LogP contribution in [-0.4, -0.2) is 21.9 Å². The number of hydrogen-bond acceptors (Lipinski definition) is 2. The minimum Gasteiger partial charge on any atom is -0.393 e. The maximum absolute atomic E-state index is 11.0. The van der Waals surface area contributed by atoms with Crippen LogP contribution < -0.4 is 0 Å². The lowest BCUT2D eigenvalue weighted by Gasteiger charge is -2.55. The Hall–Kier alpha value is -0.780. The second-order valence-electron chi connectivity index (χ2n) is 9.00. The van der Waals surface area contributed by atoms with Gasteiger partial charge in [0, 0.05) is 5.41 Å². The van der Waals surface area contributed by atoms with E-state index in [2.05, 4.69) is 19.8 Å². The summed E-state index contributed by atoms with van der Waals surface area (Å²) in [6.07, 6.45) is 13.8. The van der Waals surface area contributed by atoms with Gasteiger partial charge in [-0.2, -0.15) is 0 Å². The van der Waals surface area contributed by atoms with Crippen molar-refractivity contribution >= 4 is 0 Å². The van der Waals surface area contributed by atoms with Gasteiger partial charge in [0.25, 0.3) is 0 Å². The third-order valence-corrected chi connectivity index (χ3v) is 8.08. The first kappa shape index (κ1) is 15.7. The molecule has 7 atom stereocenters. The molecule has 0 aromatic heterocycles. The Labute approximate surface area is 140 Å². The van der Waals surface area contributed by atoms with Crippen molar-refractivity contribution in [1.82, 2.24) is 0 Å². The number of aliphatic hydroxyl groups is 2. The molecule has 0 aliphatic heterocycles. The molecule has 2 N–H and O–H groups in total. The fourth-order valence-electron chi connectivity index (χ4n) is 6.85. The molecule has 0 radical (unpaired) electrons. The van der Waals surface area contributed by atoms with Gasteiger partial charge in [-0.25, -0.2) is 0 Å². The summed E-state index contributed by atoms with van der Waals surface area (Å²) < 4.78 is 0. The summed E-state index contributed by atoms with van der Waals surface area (Å²) in [7, 11) is 0. The predicted octanol–water partition coefficient (Wildman–Crippen LogP) is 3.67. The van der Waals surface area contributed by atoms with Crippen LogP contribution in [0.2, 0.25) is 0 Å². The van der Waals surface area contributed by atoms with Gasteiger partial charge in [0.1, 0.15) is 5.60 Å².